The van der Waals surface area contributed by atoms with Gasteiger partial charge in [-0.15, -0.1) is 0 Å². The van der Waals surface area contributed by atoms with Crippen molar-refractivity contribution >= 4 is 11.9 Å². The third-order valence-electron chi connectivity index (χ3n) is 3.28. The maximum Gasteiger partial charge on any atom is 0.307 e. The van der Waals surface area contributed by atoms with Crippen molar-refractivity contribution in [3.8, 4) is 0 Å². The van der Waals surface area contributed by atoms with E-state index in [-0.39, 0.29) is 12.0 Å². The Morgan fingerprint density at radius 2 is 2.17 bits per heavy atom. The minimum absolute atomic E-state index is 0.161. The van der Waals surface area contributed by atoms with E-state index in [9.17, 15) is 4.79 Å². The second-order valence-corrected chi connectivity index (χ2v) is 4.68. The molecular weight excluding hydrogens is 230 g/mol. The Morgan fingerprint density at radius 3 is 2.83 bits per heavy atom. The third-order valence-corrected chi connectivity index (χ3v) is 3.28. The van der Waals surface area contributed by atoms with Crippen molar-refractivity contribution in [2.24, 2.45) is 0 Å². The van der Waals surface area contributed by atoms with Crippen LogP contribution < -0.4 is 4.90 Å². The van der Waals surface area contributed by atoms with Crippen molar-refractivity contribution in [3.05, 3.63) is 18.0 Å². The van der Waals surface area contributed by atoms with E-state index >= 15 is 0 Å². The van der Waals surface area contributed by atoms with Gasteiger partial charge >= 0.3 is 5.97 Å². The molecule has 0 aromatic carbocycles. The van der Waals surface area contributed by atoms with Gasteiger partial charge < -0.3 is 9.64 Å². The molecule has 1 atom stereocenters. The first-order chi connectivity index (χ1) is 8.70. The Balaban J connectivity index is 2.12. The van der Waals surface area contributed by atoms with Crippen molar-refractivity contribution in [2.45, 2.75) is 38.6 Å². The lowest BCUT2D eigenvalue weighted by molar-refractivity contribution is -0.141. The number of methoxy groups -OCH3 is 1. The highest BCUT2D eigenvalue weighted by Crippen LogP contribution is 2.23. The van der Waals surface area contributed by atoms with Crippen LogP contribution >= 0.6 is 0 Å². The normalized spacial score (nSPS) is 19.7. The standard InChI is InChI=1S/C13H19N3O2/c1-10-8-14-13(15-9-10)16-6-4-3-5-11(16)7-12(17)18-2/h8-9,11H,3-7H2,1-2H3. The lowest BCUT2D eigenvalue weighted by Gasteiger charge is -2.35. The van der Waals surface area contributed by atoms with Crippen LogP contribution in [0.4, 0.5) is 5.95 Å². The zero-order valence-corrected chi connectivity index (χ0v) is 10.9. The molecule has 0 spiro atoms. The zero-order chi connectivity index (χ0) is 13.0. The molecule has 0 N–H and O–H groups in total. The summed E-state index contributed by atoms with van der Waals surface area (Å²) in [4.78, 5) is 22.2. The Labute approximate surface area is 107 Å². The number of aryl methyl sites for hydroxylation is 1. The SMILES string of the molecule is COC(=O)CC1CCCCN1c1ncc(C)cn1. The van der Waals surface area contributed by atoms with E-state index in [0.717, 1.165) is 31.4 Å². The minimum Gasteiger partial charge on any atom is -0.469 e. The zero-order valence-electron chi connectivity index (χ0n) is 10.9. The van der Waals surface area contributed by atoms with Gasteiger partial charge in [-0.3, -0.25) is 4.79 Å². The number of esters is 1. The Hall–Kier alpha value is -1.65. The third kappa shape index (κ3) is 2.97. The summed E-state index contributed by atoms with van der Waals surface area (Å²) < 4.78 is 4.75. The first-order valence-electron chi connectivity index (χ1n) is 6.33. The molecule has 1 aliphatic heterocycles. The van der Waals surface area contributed by atoms with Crippen LogP contribution in [0.15, 0.2) is 12.4 Å². The summed E-state index contributed by atoms with van der Waals surface area (Å²) in [6.07, 6.45) is 7.29. The predicted molar refractivity (Wildman–Crippen MR) is 68.4 cm³/mol. The average Bonchev–Trinajstić information content (AvgIpc) is 2.40. The predicted octanol–water partition coefficient (Wildman–Crippen LogP) is 1.71. The molecule has 2 rings (SSSR count). The van der Waals surface area contributed by atoms with Crippen molar-refractivity contribution in [1.29, 1.82) is 0 Å². The minimum atomic E-state index is -0.168. The smallest absolute Gasteiger partial charge is 0.307 e. The molecule has 1 unspecified atom stereocenters. The van der Waals surface area contributed by atoms with Crippen LogP contribution in [-0.2, 0) is 9.53 Å². The molecule has 1 aromatic heterocycles. The summed E-state index contributed by atoms with van der Waals surface area (Å²) >= 11 is 0. The molecule has 1 aliphatic rings. The fourth-order valence-electron chi connectivity index (χ4n) is 2.29. The number of aromatic nitrogens is 2. The van der Waals surface area contributed by atoms with Gasteiger partial charge in [-0.05, 0) is 31.7 Å². The van der Waals surface area contributed by atoms with E-state index in [1.54, 1.807) is 0 Å². The van der Waals surface area contributed by atoms with Crippen molar-refractivity contribution < 1.29 is 9.53 Å². The summed E-state index contributed by atoms with van der Waals surface area (Å²) in [5.41, 5.74) is 1.04. The fraction of sp³-hybridized carbons (Fsp3) is 0.615. The van der Waals surface area contributed by atoms with Crippen LogP contribution in [0.25, 0.3) is 0 Å². The highest BCUT2D eigenvalue weighted by Gasteiger charge is 2.26. The molecule has 0 amide bonds. The quantitative estimate of drug-likeness (QED) is 0.763. The van der Waals surface area contributed by atoms with Gasteiger partial charge in [-0.2, -0.15) is 0 Å². The summed E-state index contributed by atoms with van der Waals surface area (Å²) in [7, 11) is 1.43. The Morgan fingerprint density at radius 1 is 1.44 bits per heavy atom. The van der Waals surface area contributed by atoms with Gasteiger partial charge in [0.15, 0.2) is 0 Å². The van der Waals surface area contributed by atoms with Crippen LogP contribution in [-0.4, -0.2) is 35.6 Å². The summed E-state index contributed by atoms with van der Waals surface area (Å²) in [5, 5.41) is 0. The van der Waals surface area contributed by atoms with E-state index in [1.807, 2.05) is 19.3 Å². The monoisotopic (exact) mass is 249 g/mol. The number of carbonyl (C=O) groups excluding carboxylic acids is 1. The van der Waals surface area contributed by atoms with Gasteiger partial charge in [0.25, 0.3) is 0 Å². The number of hydrogen-bond donors (Lipinski definition) is 0. The highest BCUT2D eigenvalue weighted by atomic mass is 16.5. The van der Waals surface area contributed by atoms with Gasteiger partial charge in [-0.1, -0.05) is 0 Å². The number of rotatable bonds is 3. The molecule has 18 heavy (non-hydrogen) atoms. The van der Waals surface area contributed by atoms with Gasteiger partial charge in [0.2, 0.25) is 5.95 Å². The lowest BCUT2D eigenvalue weighted by atomic mass is 10.00. The molecule has 1 aromatic rings. The van der Waals surface area contributed by atoms with E-state index in [1.165, 1.54) is 7.11 Å². The van der Waals surface area contributed by atoms with E-state index in [2.05, 4.69) is 14.9 Å². The first-order valence-corrected chi connectivity index (χ1v) is 6.33. The summed E-state index contributed by atoms with van der Waals surface area (Å²) in [5.74, 6) is 0.549. The van der Waals surface area contributed by atoms with Crippen molar-refractivity contribution in [3.63, 3.8) is 0 Å². The van der Waals surface area contributed by atoms with Crippen LogP contribution in [0.3, 0.4) is 0 Å². The second kappa shape index (κ2) is 5.80. The molecule has 98 valence electrons. The second-order valence-electron chi connectivity index (χ2n) is 4.68. The lowest BCUT2D eigenvalue weighted by Crippen LogP contribution is -2.42. The number of carbonyl (C=O) groups is 1. The molecule has 1 fully saturated rings. The summed E-state index contributed by atoms with van der Waals surface area (Å²) in [6, 6.07) is 0.161. The molecule has 5 nitrogen and oxygen atoms in total. The molecule has 1 saturated heterocycles. The first kappa shape index (κ1) is 12.8. The molecule has 5 heteroatoms. The molecule has 0 aliphatic carbocycles. The molecule has 0 radical (unpaired) electrons. The maximum absolute atomic E-state index is 11.4. The summed E-state index contributed by atoms with van der Waals surface area (Å²) in [6.45, 7) is 2.87. The van der Waals surface area contributed by atoms with E-state index in [4.69, 9.17) is 4.74 Å². The molecule has 2 heterocycles. The Kier molecular flexibility index (Phi) is 4.12. The topological polar surface area (TPSA) is 55.3 Å². The number of ether oxygens (including phenoxy) is 1. The van der Waals surface area contributed by atoms with Gasteiger partial charge in [0.05, 0.1) is 13.5 Å². The number of anilines is 1. The van der Waals surface area contributed by atoms with Crippen LogP contribution in [0.2, 0.25) is 0 Å². The number of piperidine rings is 1. The number of nitrogens with zero attached hydrogens (tertiary/aromatic N) is 3. The molecular formula is C13H19N3O2. The van der Waals surface area contributed by atoms with Gasteiger partial charge in [0, 0.05) is 25.0 Å². The van der Waals surface area contributed by atoms with Crippen LogP contribution in [0, 0.1) is 6.92 Å². The molecule has 0 bridgehead atoms. The average molecular weight is 249 g/mol. The van der Waals surface area contributed by atoms with Gasteiger partial charge in [0.1, 0.15) is 0 Å². The number of hydrogen-bond acceptors (Lipinski definition) is 5. The van der Waals surface area contributed by atoms with Crippen LogP contribution in [0.1, 0.15) is 31.2 Å². The maximum atomic E-state index is 11.4. The largest absolute Gasteiger partial charge is 0.469 e. The highest BCUT2D eigenvalue weighted by molar-refractivity contribution is 5.70. The van der Waals surface area contributed by atoms with Crippen molar-refractivity contribution in [1.82, 2.24) is 9.97 Å². The van der Waals surface area contributed by atoms with E-state index < -0.39 is 0 Å². The van der Waals surface area contributed by atoms with E-state index in [0.29, 0.717) is 12.4 Å². The Bertz CT molecular complexity index is 405. The van der Waals surface area contributed by atoms with Crippen LogP contribution in [0.5, 0.6) is 0 Å². The molecule has 0 saturated carbocycles. The fourth-order valence-corrected chi connectivity index (χ4v) is 2.29. The van der Waals surface area contributed by atoms with Gasteiger partial charge in [-0.25, -0.2) is 9.97 Å². The van der Waals surface area contributed by atoms with Crippen molar-refractivity contribution in [2.75, 3.05) is 18.6 Å².